The van der Waals surface area contributed by atoms with Crippen LogP contribution in [0.2, 0.25) is 0 Å². The molecule has 0 spiro atoms. The number of aryl methyl sites for hydroxylation is 1. The van der Waals surface area contributed by atoms with Gasteiger partial charge in [-0.1, -0.05) is 19.1 Å². The molecule has 0 bridgehead atoms. The zero-order chi connectivity index (χ0) is 16.4. The van der Waals surface area contributed by atoms with E-state index in [2.05, 4.69) is 16.9 Å². The number of rotatable bonds is 4. The maximum absolute atomic E-state index is 12.5. The number of carbonyl (C=O) groups is 1. The Balaban J connectivity index is 1.80. The monoisotopic (exact) mass is 327 g/mol. The Labute approximate surface area is 137 Å². The van der Waals surface area contributed by atoms with Crippen molar-refractivity contribution in [2.45, 2.75) is 19.9 Å². The summed E-state index contributed by atoms with van der Waals surface area (Å²) in [6, 6.07) is 9.38. The number of benzene rings is 1. The Morgan fingerprint density at radius 2 is 2.00 bits per heavy atom. The highest BCUT2D eigenvalue weighted by molar-refractivity contribution is 7.17. The van der Waals surface area contributed by atoms with E-state index in [0.29, 0.717) is 21.6 Å². The predicted molar refractivity (Wildman–Crippen MR) is 91.9 cm³/mol. The van der Waals surface area contributed by atoms with Crippen molar-refractivity contribution in [3.63, 3.8) is 0 Å². The third kappa shape index (κ3) is 3.17. The highest BCUT2D eigenvalue weighted by Gasteiger charge is 2.14. The van der Waals surface area contributed by atoms with E-state index in [0.717, 1.165) is 6.42 Å². The lowest BCUT2D eigenvalue weighted by atomic mass is 10.1. The maximum atomic E-state index is 12.5. The van der Waals surface area contributed by atoms with Crippen LogP contribution in [-0.2, 0) is 13.0 Å². The normalized spacial score (nSPS) is 10.9. The van der Waals surface area contributed by atoms with Gasteiger partial charge in [0.25, 0.3) is 11.5 Å². The van der Waals surface area contributed by atoms with Gasteiger partial charge in [0.2, 0.25) is 0 Å². The van der Waals surface area contributed by atoms with Crippen molar-refractivity contribution in [3.05, 3.63) is 63.0 Å². The van der Waals surface area contributed by atoms with E-state index in [9.17, 15) is 9.59 Å². The molecule has 118 valence electrons. The fraction of sp³-hybridized carbons (Fsp3) is 0.235. The molecule has 0 radical (unpaired) electrons. The van der Waals surface area contributed by atoms with Crippen LogP contribution in [0.25, 0.3) is 10.2 Å². The van der Waals surface area contributed by atoms with Crippen LogP contribution >= 0.6 is 11.3 Å². The lowest BCUT2D eigenvalue weighted by Crippen LogP contribution is -2.28. The van der Waals surface area contributed by atoms with Gasteiger partial charge >= 0.3 is 0 Å². The zero-order valence-corrected chi connectivity index (χ0v) is 13.8. The standard InChI is InChI=1S/C17H17N3O2S/c1-3-11-4-6-12(7-5-11)17(22)20(2)10-14-18-13-8-9-23-15(13)16(21)19-14/h4-9H,3,10H2,1-2H3,(H,18,19,21). The molecule has 0 saturated heterocycles. The van der Waals surface area contributed by atoms with Crippen molar-refractivity contribution in [2.75, 3.05) is 7.05 Å². The van der Waals surface area contributed by atoms with Crippen molar-refractivity contribution in [1.29, 1.82) is 0 Å². The van der Waals surface area contributed by atoms with Crippen LogP contribution in [0.1, 0.15) is 28.7 Å². The van der Waals surface area contributed by atoms with E-state index in [-0.39, 0.29) is 18.0 Å². The molecule has 0 aliphatic rings. The van der Waals surface area contributed by atoms with Gasteiger partial charge in [-0.25, -0.2) is 4.98 Å². The summed E-state index contributed by atoms with van der Waals surface area (Å²) in [5.41, 5.74) is 2.33. The number of H-pyrrole nitrogens is 1. The summed E-state index contributed by atoms with van der Waals surface area (Å²) in [6.07, 6.45) is 0.941. The predicted octanol–water partition coefficient (Wildman–Crippen LogP) is 2.82. The van der Waals surface area contributed by atoms with Crippen molar-refractivity contribution < 1.29 is 4.79 Å². The van der Waals surface area contributed by atoms with Gasteiger partial charge in [-0.2, -0.15) is 0 Å². The number of nitrogens with zero attached hydrogens (tertiary/aromatic N) is 2. The minimum atomic E-state index is -0.159. The molecule has 0 aliphatic carbocycles. The number of hydrogen-bond donors (Lipinski definition) is 1. The van der Waals surface area contributed by atoms with Gasteiger partial charge in [0.05, 0.1) is 12.1 Å². The van der Waals surface area contributed by atoms with Gasteiger partial charge in [-0.15, -0.1) is 11.3 Å². The number of thiophene rings is 1. The summed E-state index contributed by atoms with van der Waals surface area (Å²) in [6.45, 7) is 2.33. The Morgan fingerprint density at radius 3 is 2.70 bits per heavy atom. The van der Waals surface area contributed by atoms with Gasteiger partial charge in [0.15, 0.2) is 0 Å². The van der Waals surface area contributed by atoms with E-state index in [1.807, 2.05) is 35.7 Å². The second-order valence-corrected chi connectivity index (χ2v) is 6.28. The number of nitrogens with one attached hydrogen (secondary N) is 1. The number of aromatic nitrogens is 2. The molecule has 1 N–H and O–H groups in total. The molecule has 0 saturated carbocycles. The molecule has 0 atom stereocenters. The molecule has 1 amide bonds. The number of fused-ring (bicyclic) bond motifs is 1. The Kier molecular flexibility index (Phi) is 4.25. The first kappa shape index (κ1) is 15.4. The second kappa shape index (κ2) is 6.34. The largest absolute Gasteiger partial charge is 0.334 e. The molecule has 5 nitrogen and oxygen atoms in total. The van der Waals surface area contributed by atoms with Gasteiger partial charge in [0, 0.05) is 12.6 Å². The molecule has 1 aromatic carbocycles. The molecule has 0 unspecified atom stereocenters. The van der Waals surface area contributed by atoms with Crippen LogP contribution in [0.5, 0.6) is 0 Å². The van der Waals surface area contributed by atoms with Gasteiger partial charge in [0.1, 0.15) is 10.5 Å². The molecule has 3 aromatic rings. The SMILES string of the molecule is CCc1ccc(C(=O)N(C)Cc2nc3ccsc3c(=O)[nH]2)cc1. The van der Waals surface area contributed by atoms with E-state index in [1.165, 1.54) is 16.9 Å². The van der Waals surface area contributed by atoms with E-state index >= 15 is 0 Å². The molecule has 0 aliphatic heterocycles. The van der Waals surface area contributed by atoms with Gasteiger partial charge < -0.3 is 9.88 Å². The molecular formula is C17H17N3O2S. The molecule has 6 heteroatoms. The molecule has 2 heterocycles. The third-order valence-electron chi connectivity index (χ3n) is 3.71. The average molecular weight is 327 g/mol. The summed E-state index contributed by atoms with van der Waals surface area (Å²) < 4.78 is 0.609. The third-order valence-corrected chi connectivity index (χ3v) is 4.61. The maximum Gasteiger partial charge on any atom is 0.268 e. The zero-order valence-electron chi connectivity index (χ0n) is 13.0. The molecular weight excluding hydrogens is 310 g/mol. The average Bonchev–Trinajstić information content (AvgIpc) is 3.03. The lowest BCUT2D eigenvalue weighted by Gasteiger charge is -2.16. The van der Waals surface area contributed by atoms with Crippen LogP contribution in [0, 0.1) is 0 Å². The van der Waals surface area contributed by atoms with Gasteiger partial charge in [-0.05, 0) is 35.6 Å². The van der Waals surface area contributed by atoms with Crippen LogP contribution < -0.4 is 5.56 Å². The summed E-state index contributed by atoms with van der Waals surface area (Å²) >= 11 is 1.36. The van der Waals surface area contributed by atoms with Crippen molar-refractivity contribution >= 4 is 27.5 Å². The minimum Gasteiger partial charge on any atom is -0.334 e. The smallest absolute Gasteiger partial charge is 0.268 e. The summed E-state index contributed by atoms with van der Waals surface area (Å²) in [5, 5.41) is 1.83. The number of amides is 1. The molecule has 3 rings (SSSR count). The van der Waals surface area contributed by atoms with E-state index in [4.69, 9.17) is 0 Å². The van der Waals surface area contributed by atoms with Gasteiger partial charge in [-0.3, -0.25) is 9.59 Å². The highest BCUT2D eigenvalue weighted by atomic mass is 32.1. The fourth-order valence-electron chi connectivity index (χ4n) is 2.40. The fourth-order valence-corrected chi connectivity index (χ4v) is 3.12. The summed E-state index contributed by atoms with van der Waals surface area (Å²) in [5.74, 6) is 0.391. The first-order valence-electron chi connectivity index (χ1n) is 7.39. The number of hydrogen-bond acceptors (Lipinski definition) is 4. The van der Waals surface area contributed by atoms with Crippen LogP contribution in [0.15, 0.2) is 40.5 Å². The van der Waals surface area contributed by atoms with E-state index < -0.39 is 0 Å². The van der Waals surface area contributed by atoms with Crippen LogP contribution in [0.4, 0.5) is 0 Å². The van der Waals surface area contributed by atoms with Crippen molar-refractivity contribution in [3.8, 4) is 0 Å². The number of aromatic amines is 1. The molecule has 2 aromatic heterocycles. The van der Waals surface area contributed by atoms with Crippen LogP contribution in [0.3, 0.4) is 0 Å². The second-order valence-electron chi connectivity index (χ2n) is 5.36. The summed E-state index contributed by atoms with van der Waals surface area (Å²) in [4.78, 5) is 33.1. The first-order valence-corrected chi connectivity index (χ1v) is 8.27. The van der Waals surface area contributed by atoms with Crippen LogP contribution in [-0.4, -0.2) is 27.8 Å². The quantitative estimate of drug-likeness (QED) is 0.801. The van der Waals surface area contributed by atoms with E-state index in [1.54, 1.807) is 11.9 Å². The topological polar surface area (TPSA) is 66.1 Å². The molecule has 23 heavy (non-hydrogen) atoms. The Bertz CT molecular complexity index is 896. The molecule has 0 fully saturated rings. The number of carbonyl (C=O) groups excluding carboxylic acids is 1. The first-order chi connectivity index (χ1) is 11.1. The minimum absolute atomic E-state index is 0.0966. The Morgan fingerprint density at radius 1 is 1.26 bits per heavy atom. The van der Waals surface area contributed by atoms with Crippen molar-refractivity contribution in [2.24, 2.45) is 0 Å². The summed E-state index contributed by atoms with van der Waals surface area (Å²) in [7, 11) is 1.70. The highest BCUT2D eigenvalue weighted by Crippen LogP contribution is 2.14. The Hall–Kier alpha value is -2.47. The lowest BCUT2D eigenvalue weighted by molar-refractivity contribution is 0.0781. The van der Waals surface area contributed by atoms with Crippen molar-refractivity contribution in [1.82, 2.24) is 14.9 Å².